The van der Waals surface area contributed by atoms with Crippen LogP contribution in [-0.2, 0) is 23.8 Å². The third-order valence-corrected chi connectivity index (χ3v) is 5.74. The molecule has 30 heavy (non-hydrogen) atoms. The zero-order chi connectivity index (χ0) is 21.5. The van der Waals surface area contributed by atoms with E-state index in [1.54, 1.807) is 25.2 Å². The van der Waals surface area contributed by atoms with Gasteiger partial charge in [-0.15, -0.1) is 16.4 Å². The zero-order valence-electron chi connectivity index (χ0n) is 16.1. The fraction of sp³-hybridized carbons (Fsp3) is 0.316. The number of rotatable bonds is 5. The van der Waals surface area contributed by atoms with Crippen LogP contribution in [0.2, 0.25) is 0 Å². The second-order valence-electron chi connectivity index (χ2n) is 6.76. The average molecular weight is 434 g/mol. The van der Waals surface area contributed by atoms with Crippen LogP contribution in [0.4, 0.5) is 13.2 Å². The fourth-order valence-electron chi connectivity index (χ4n) is 3.14. The number of carbonyl (C=O) groups is 1. The highest BCUT2D eigenvalue weighted by Crippen LogP contribution is 2.27. The Morgan fingerprint density at radius 3 is 2.67 bits per heavy atom. The molecule has 0 fully saturated rings. The van der Waals surface area contributed by atoms with E-state index in [0.717, 1.165) is 19.7 Å². The number of thiazole rings is 1. The van der Waals surface area contributed by atoms with Crippen molar-refractivity contribution in [3.05, 3.63) is 52.0 Å². The molecular weight excluding hydrogens is 417 g/mol. The van der Waals surface area contributed by atoms with E-state index in [9.17, 15) is 18.0 Å². The molecule has 1 aromatic carbocycles. The van der Waals surface area contributed by atoms with Gasteiger partial charge in [0, 0.05) is 29.9 Å². The number of hydrogen-bond donors (Lipinski definition) is 1. The van der Waals surface area contributed by atoms with Crippen LogP contribution in [0.3, 0.4) is 0 Å². The van der Waals surface area contributed by atoms with Crippen molar-refractivity contribution in [2.75, 3.05) is 6.54 Å². The molecule has 0 aliphatic rings. The Morgan fingerprint density at radius 2 is 1.93 bits per heavy atom. The number of nitrogens with one attached hydrogen (secondary N) is 1. The van der Waals surface area contributed by atoms with Gasteiger partial charge in [0.1, 0.15) is 0 Å². The maximum absolute atomic E-state index is 12.9. The number of aromatic nitrogens is 5. The Bertz CT molecular complexity index is 1210. The molecular formula is C19H17F3N6OS. The van der Waals surface area contributed by atoms with E-state index < -0.39 is 12.0 Å². The molecule has 3 aromatic heterocycles. The van der Waals surface area contributed by atoms with E-state index in [1.165, 1.54) is 0 Å². The molecule has 0 saturated carbocycles. The van der Waals surface area contributed by atoms with Crippen molar-refractivity contribution in [3.63, 3.8) is 0 Å². The Balaban J connectivity index is 1.44. The molecule has 0 spiro atoms. The highest BCUT2D eigenvalue weighted by molar-refractivity contribution is 7.18. The molecule has 1 amide bonds. The minimum Gasteiger partial charge on any atom is -0.355 e. The average Bonchev–Trinajstić information content (AvgIpc) is 3.28. The lowest BCUT2D eigenvalue weighted by Crippen LogP contribution is -2.28. The molecule has 7 nitrogen and oxygen atoms in total. The summed E-state index contributed by atoms with van der Waals surface area (Å²) in [6.07, 6.45) is -4.08. The lowest BCUT2D eigenvalue weighted by Gasteiger charge is -2.10. The number of para-hydroxylation sites is 1. The van der Waals surface area contributed by atoms with Gasteiger partial charge in [-0.05, 0) is 26.0 Å². The molecule has 0 bridgehead atoms. The normalized spacial score (nSPS) is 12.0. The smallest absolute Gasteiger partial charge is 0.355 e. The molecule has 0 aliphatic carbocycles. The summed E-state index contributed by atoms with van der Waals surface area (Å²) in [4.78, 5) is 24.4. The van der Waals surface area contributed by atoms with Crippen molar-refractivity contribution in [3.8, 4) is 0 Å². The number of carbonyl (C=O) groups excluding carboxylic acids is 1. The lowest BCUT2D eigenvalue weighted by molar-refractivity contribution is -0.144. The van der Waals surface area contributed by atoms with Crippen LogP contribution in [0.15, 0.2) is 24.3 Å². The van der Waals surface area contributed by atoms with Crippen molar-refractivity contribution in [2.45, 2.75) is 32.9 Å². The Morgan fingerprint density at radius 1 is 1.17 bits per heavy atom. The first-order valence-corrected chi connectivity index (χ1v) is 9.95. The van der Waals surface area contributed by atoms with E-state index >= 15 is 0 Å². The van der Waals surface area contributed by atoms with Crippen LogP contribution in [0.25, 0.3) is 16.0 Å². The Hall–Kier alpha value is -3.08. The minimum atomic E-state index is -4.66. The van der Waals surface area contributed by atoms with E-state index in [-0.39, 0.29) is 18.1 Å². The van der Waals surface area contributed by atoms with Gasteiger partial charge >= 0.3 is 6.18 Å². The van der Waals surface area contributed by atoms with Gasteiger partial charge in [0.2, 0.25) is 5.91 Å². The monoisotopic (exact) mass is 434 g/mol. The van der Waals surface area contributed by atoms with Gasteiger partial charge in [-0.25, -0.2) is 14.5 Å². The first kappa shape index (κ1) is 20.2. The first-order chi connectivity index (χ1) is 14.2. The van der Waals surface area contributed by atoms with Crippen molar-refractivity contribution in [2.24, 2.45) is 0 Å². The highest BCUT2D eigenvalue weighted by Gasteiger charge is 2.37. The van der Waals surface area contributed by atoms with Crippen LogP contribution in [-0.4, -0.2) is 37.0 Å². The largest absolute Gasteiger partial charge is 0.453 e. The zero-order valence-corrected chi connectivity index (χ0v) is 16.9. The molecule has 0 unspecified atom stereocenters. The summed E-state index contributed by atoms with van der Waals surface area (Å²) in [6, 6.07) is 7.82. The van der Waals surface area contributed by atoms with Gasteiger partial charge in [0.15, 0.2) is 0 Å². The Labute approximate surface area is 173 Å². The van der Waals surface area contributed by atoms with E-state index in [1.807, 2.05) is 24.3 Å². The summed E-state index contributed by atoms with van der Waals surface area (Å²) in [5, 5.41) is 7.25. The number of alkyl halides is 3. The van der Waals surface area contributed by atoms with Crippen molar-refractivity contribution < 1.29 is 18.0 Å². The molecule has 4 rings (SSSR count). The minimum absolute atomic E-state index is 0.0122. The van der Waals surface area contributed by atoms with Gasteiger partial charge < -0.3 is 5.32 Å². The third kappa shape index (κ3) is 3.97. The maximum Gasteiger partial charge on any atom is 0.453 e. The van der Waals surface area contributed by atoms with Crippen molar-refractivity contribution in [1.29, 1.82) is 0 Å². The molecule has 4 aromatic rings. The van der Waals surface area contributed by atoms with E-state index in [4.69, 9.17) is 0 Å². The third-order valence-electron chi connectivity index (χ3n) is 4.64. The van der Waals surface area contributed by atoms with E-state index in [2.05, 4.69) is 25.4 Å². The van der Waals surface area contributed by atoms with Crippen molar-refractivity contribution >= 4 is 33.2 Å². The number of amides is 1. The Kier molecular flexibility index (Phi) is 5.14. The molecule has 0 saturated heterocycles. The summed E-state index contributed by atoms with van der Waals surface area (Å²) in [5.74, 6) is -1.65. The van der Waals surface area contributed by atoms with Gasteiger partial charge in [0.05, 0.1) is 21.6 Å². The molecule has 0 aliphatic heterocycles. The summed E-state index contributed by atoms with van der Waals surface area (Å²) in [6.45, 7) is 3.65. The van der Waals surface area contributed by atoms with Crippen LogP contribution >= 0.6 is 11.3 Å². The molecule has 0 radical (unpaired) electrons. The molecule has 156 valence electrons. The lowest BCUT2D eigenvalue weighted by atomic mass is 10.1. The van der Waals surface area contributed by atoms with Gasteiger partial charge in [0.25, 0.3) is 11.6 Å². The number of nitrogens with zero attached hydrogens (tertiary/aromatic N) is 5. The summed E-state index contributed by atoms with van der Waals surface area (Å²) in [5.41, 5.74) is 2.31. The second kappa shape index (κ2) is 7.63. The van der Waals surface area contributed by atoms with Crippen LogP contribution in [0.1, 0.15) is 27.8 Å². The SMILES string of the molecule is Cc1nc2nc(C(F)(F)F)nn2c(C)c1CC(=O)NCCc1nc2ccccc2s1. The summed E-state index contributed by atoms with van der Waals surface area (Å²) in [7, 11) is 0. The molecule has 0 atom stereocenters. The molecule has 1 N–H and O–H groups in total. The van der Waals surface area contributed by atoms with Crippen LogP contribution in [0.5, 0.6) is 0 Å². The van der Waals surface area contributed by atoms with E-state index in [0.29, 0.717) is 29.9 Å². The number of hydrogen-bond acceptors (Lipinski definition) is 6. The number of aryl methyl sites for hydroxylation is 2. The highest BCUT2D eigenvalue weighted by atomic mass is 32.1. The topological polar surface area (TPSA) is 85.1 Å². The van der Waals surface area contributed by atoms with Crippen molar-refractivity contribution in [1.82, 2.24) is 29.9 Å². The fourth-order valence-corrected chi connectivity index (χ4v) is 4.11. The number of benzene rings is 1. The van der Waals surface area contributed by atoms with Gasteiger partial charge in [-0.2, -0.15) is 18.2 Å². The summed E-state index contributed by atoms with van der Waals surface area (Å²) >= 11 is 1.58. The predicted octanol–water partition coefficient (Wildman–Crippen LogP) is 3.27. The van der Waals surface area contributed by atoms with Crippen LogP contribution < -0.4 is 5.32 Å². The molecule has 3 heterocycles. The number of fused-ring (bicyclic) bond motifs is 2. The maximum atomic E-state index is 12.9. The van der Waals surface area contributed by atoms with Crippen LogP contribution in [0, 0.1) is 13.8 Å². The van der Waals surface area contributed by atoms with Gasteiger partial charge in [-0.3, -0.25) is 4.79 Å². The number of halogens is 3. The first-order valence-electron chi connectivity index (χ1n) is 9.13. The van der Waals surface area contributed by atoms with Gasteiger partial charge in [-0.1, -0.05) is 12.1 Å². The quantitative estimate of drug-likeness (QED) is 0.521. The summed E-state index contributed by atoms with van der Waals surface area (Å²) < 4.78 is 40.8. The second-order valence-corrected chi connectivity index (χ2v) is 7.87. The standard InChI is InChI=1S/C19H17F3N6OS/c1-10-12(11(2)28-18(24-10)26-17(27-28)19(20,21)22)9-15(29)23-8-7-16-25-13-5-3-4-6-14(13)30-16/h3-6H,7-9H2,1-2H3,(H,23,29). The molecule has 11 heteroatoms. The predicted molar refractivity (Wildman–Crippen MR) is 105 cm³/mol.